The standard InChI is InChI=1S/C19H24N2O4S/c1-14-5-8-16(9-6-14)21(26(4,23)24)12-11-19(22)20-17-13-15(2)7-10-18(17)25-3/h5-10,13H,11-12H2,1-4H3,(H,20,22). The number of methoxy groups -OCH3 is 1. The third-order valence-corrected chi connectivity index (χ3v) is 5.09. The van der Waals surface area contributed by atoms with Crippen molar-refractivity contribution in [1.29, 1.82) is 0 Å². The Hall–Kier alpha value is -2.54. The monoisotopic (exact) mass is 376 g/mol. The average Bonchev–Trinajstić information content (AvgIpc) is 2.55. The van der Waals surface area contributed by atoms with E-state index in [9.17, 15) is 13.2 Å². The zero-order chi connectivity index (χ0) is 19.3. The van der Waals surface area contributed by atoms with E-state index < -0.39 is 10.0 Å². The maximum absolute atomic E-state index is 12.3. The lowest BCUT2D eigenvalue weighted by molar-refractivity contribution is -0.116. The quantitative estimate of drug-likeness (QED) is 0.806. The van der Waals surface area contributed by atoms with Gasteiger partial charge in [0.2, 0.25) is 15.9 Å². The van der Waals surface area contributed by atoms with Crippen molar-refractivity contribution in [3.05, 3.63) is 53.6 Å². The van der Waals surface area contributed by atoms with Gasteiger partial charge in [-0.05, 0) is 43.7 Å². The van der Waals surface area contributed by atoms with E-state index in [0.29, 0.717) is 17.1 Å². The molecule has 2 aromatic rings. The van der Waals surface area contributed by atoms with E-state index in [1.165, 1.54) is 11.4 Å². The van der Waals surface area contributed by atoms with E-state index in [-0.39, 0.29) is 18.9 Å². The van der Waals surface area contributed by atoms with E-state index in [4.69, 9.17) is 4.74 Å². The number of aryl methyl sites for hydroxylation is 2. The molecule has 0 aliphatic heterocycles. The molecule has 0 heterocycles. The molecule has 0 fully saturated rings. The number of nitrogens with zero attached hydrogens (tertiary/aromatic N) is 1. The number of sulfonamides is 1. The van der Waals surface area contributed by atoms with Crippen LogP contribution in [0.5, 0.6) is 5.75 Å². The summed E-state index contributed by atoms with van der Waals surface area (Å²) in [4.78, 5) is 12.3. The summed E-state index contributed by atoms with van der Waals surface area (Å²) >= 11 is 0. The molecule has 0 aliphatic rings. The molecule has 1 amide bonds. The number of rotatable bonds is 7. The molecule has 140 valence electrons. The Morgan fingerprint density at radius 1 is 1.08 bits per heavy atom. The highest BCUT2D eigenvalue weighted by Gasteiger charge is 2.19. The van der Waals surface area contributed by atoms with E-state index in [2.05, 4.69) is 5.32 Å². The molecular formula is C19H24N2O4S. The predicted molar refractivity (Wildman–Crippen MR) is 104 cm³/mol. The molecule has 0 saturated heterocycles. The summed E-state index contributed by atoms with van der Waals surface area (Å²) in [5.41, 5.74) is 3.13. The lowest BCUT2D eigenvalue weighted by Crippen LogP contribution is -2.33. The van der Waals surface area contributed by atoms with Gasteiger partial charge in [0.25, 0.3) is 0 Å². The minimum atomic E-state index is -3.49. The fraction of sp³-hybridized carbons (Fsp3) is 0.316. The van der Waals surface area contributed by atoms with Crippen LogP contribution in [0.3, 0.4) is 0 Å². The van der Waals surface area contributed by atoms with Gasteiger partial charge in [0.15, 0.2) is 0 Å². The van der Waals surface area contributed by atoms with Crippen molar-refractivity contribution < 1.29 is 17.9 Å². The fourth-order valence-electron chi connectivity index (χ4n) is 2.53. The number of hydrogen-bond donors (Lipinski definition) is 1. The minimum absolute atomic E-state index is 0.0258. The summed E-state index contributed by atoms with van der Waals surface area (Å²) in [6.07, 6.45) is 1.16. The number of amides is 1. The molecule has 26 heavy (non-hydrogen) atoms. The molecule has 1 N–H and O–H groups in total. The molecule has 0 saturated carbocycles. The molecule has 0 unspecified atom stereocenters. The highest BCUT2D eigenvalue weighted by Crippen LogP contribution is 2.25. The smallest absolute Gasteiger partial charge is 0.232 e. The highest BCUT2D eigenvalue weighted by atomic mass is 32.2. The van der Waals surface area contributed by atoms with E-state index >= 15 is 0 Å². The zero-order valence-electron chi connectivity index (χ0n) is 15.4. The Morgan fingerprint density at radius 3 is 2.27 bits per heavy atom. The number of anilines is 2. The van der Waals surface area contributed by atoms with Crippen LogP contribution in [0.4, 0.5) is 11.4 Å². The number of nitrogens with one attached hydrogen (secondary N) is 1. The van der Waals surface area contributed by atoms with Crippen molar-refractivity contribution in [3.8, 4) is 5.75 Å². The second kappa shape index (κ2) is 8.23. The molecule has 6 nitrogen and oxygen atoms in total. The third kappa shape index (κ3) is 5.23. The van der Waals surface area contributed by atoms with Crippen LogP contribution in [-0.4, -0.2) is 34.2 Å². The van der Waals surface area contributed by atoms with Crippen molar-refractivity contribution in [3.63, 3.8) is 0 Å². The summed E-state index contributed by atoms with van der Waals surface area (Å²) < 4.78 is 30.7. The first kappa shape index (κ1) is 19.8. The molecule has 7 heteroatoms. The summed E-state index contributed by atoms with van der Waals surface area (Å²) in [6.45, 7) is 3.90. The Labute approximate surface area is 154 Å². The molecule has 0 spiro atoms. The van der Waals surface area contributed by atoms with Crippen molar-refractivity contribution in [2.75, 3.05) is 29.5 Å². The van der Waals surface area contributed by atoms with Gasteiger partial charge >= 0.3 is 0 Å². The van der Waals surface area contributed by atoms with E-state index in [0.717, 1.165) is 17.4 Å². The first-order chi connectivity index (χ1) is 12.2. The predicted octanol–water partition coefficient (Wildman–Crippen LogP) is 3.11. The number of ether oxygens (including phenoxy) is 1. The van der Waals surface area contributed by atoms with Crippen LogP contribution in [0, 0.1) is 13.8 Å². The zero-order valence-corrected chi connectivity index (χ0v) is 16.3. The Balaban J connectivity index is 2.10. The average molecular weight is 376 g/mol. The lowest BCUT2D eigenvalue weighted by Gasteiger charge is -2.22. The third-order valence-electron chi connectivity index (χ3n) is 3.89. The molecular weight excluding hydrogens is 352 g/mol. The van der Waals surface area contributed by atoms with Crippen LogP contribution in [-0.2, 0) is 14.8 Å². The summed E-state index contributed by atoms with van der Waals surface area (Å²) in [5, 5.41) is 2.78. The largest absolute Gasteiger partial charge is 0.495 e. The SMILES string of the molecule is COc1ccc(C)cc1NC(=O)CCN(c1ccc(C)cc1)S(C)(=O)=O. The number of carbonyl (C=O) groups excluding carboxylic acids is 1. The van der Waals surface area contributed by atoms with Crippen molar-refractivity contribution in [1.82, 2.24) is 0 Å². The van der Waals surface area contributed by atoms with Gasteiger partial charge in [-0.1, -0.05) is 23.8 Å². The molecule has 2 aromatic carbocycles. The van der Waals surface area contributed by atoms with Crippen molar-refractivity contribution >= 4 is 27.3 Å². The van der Waals surface area contributed by atoms with Crippen LogP contribution in [0.1, 0.15) is 17.5 Å². The first-order valence-electron chi connectivity index (χ1n) is 8.19. The minimum Gasteiger partial charge on any atom is -0.495 e. The van der Waals surface area contributed by atoms with Gasteiger partial charge < -0.3 is 10.1 Å². The number of benzene rings is 2. The van der Waals surface area contributed by atoms with Gasteiger partial charge in [0, 0.05) is 13.0 Å². The molecule has 0 aromatic heterocycles. The van der Waals surface area contributed by atoms with Crippen LogP contribution in [0.25, 0.3) is 0 Å². The lowest BCUT2D eigenvalue weighted by atomic mass is 10.2. The van der Waals surface area contributed by atoms with Crippen molar-refractivity contribution in [2.24, 2.45) is 0 Å². The van der Waals surface area contributed by atoms with E-state index in [1.54, 1.807) is 18.2 Å². The van der Waals surface area contributed by atoms with Gasteiger partial charge in [0.05, 0.1) is 24.7 Å². The highest BCUT2D eigenvalue weighted by molar-refractivity contribution is 7.92. The van der Waals surface area contributed by atoms with Gasteiger partial charge in [-0.15, -0.1) is 0 Å². The Bertz CT molecular complexity index is 877. The normalized spacial score (nSPS) is 11.1. The van der Waals surface area contributed by atoms with Crippen molar-refractivity contribution in [2.45, 2.75) is 20.3 Å². The molecule has 0 aliphatic carbocycles. The van der Waals surface area contributed by atoms with Gasteiger partial charge in [-0.2, -0.15) is 0 Å². The number of carbonyl (C=O) groups is 1. The second-order valence-corrected chi connectivity index (χ2v) is 8.08. The topological polar surface area (TPSA) is 75.7 Å². The molecule has 0 radical (unpaired) electrons. The molecule has 0 atom stereocenters. The summed E-state index contributed by atoms with van der Waals surface area (Å²) in [7, 11) is -1.96. The molecule has 2 rings (SSSR count). The maximum Gasteiger partial charge on any atom is 0.232 e. The Kier molecular flexibility index (Phi) is 6.26. The molecule has 0 bridgehead atoms. The second-order valence-electron chi connectivity index (χ2n) is 6.17. The summed E-state index contributed by atoms with van der Waals surface area (Å²) in [6, 6.07) is 12.6. The number of hydrogen-bond acceptors (Lipinski definition) is 4. The van der Waals surface area contributed by atoms with Crippen LogP contribution in [0.2, 0.25) is 0 Å². The van der Waals surface area contributed by atoms with Gasteiger partial charge in [-0.25, -0.2) is 8.42 Å². The van der Waals surface area contributed by atoms with Crippen LogP contribution in [0.15, 0.2) is 42.5 Å². The van der Waals surface area contributed by atoms with Gasteiger partial charge in [-0.3, -0.25) is 9.10 Å². The van der Waals surface area contributed by atoms with Gasteiger partial charge in [0.1, 0.15) is 5.75 Å². The van der Waals surface area contributed by atoms with Crippen LogP contribution < -0.4 is 14.4 Å². The summed E-state index contributed by atoms with van der Waals surface area (Å²) in [5.74, 6) is 0.275. The maximum atomic E-state index is 12.3. The fourth-order valence-corrected chi connectivity index (χ4v) is 3.46. The Morgan fingerprint density at radius 2 is 1.69 bits per heavy atom. The van der Waals surface area contributed by atoms with E-state index in [1.807, 2.05) is 38.1 Å². The van der Waals surface area contributed by atoms with Crippen LogP contribution >= 0.6 is 0 Å². The first-order valence-corrected chi connectivity index (χ1v) is 10.0.